The summed E-state index contributed by atoms with van der Waals surface area (Å²) >= 11 is 0. The number of carbonyl (C=O) groups is 1. The molecule has 1 amide bonds. The molecule has 164 valence electrons. The Labute approximate surface area is 188 Å². The van der Waals surface area contributed by atoms with Crippen molar-refractivity contribution in [1.29, 1.82) is 0 Å². The zero-order valence-corrected chi connectivity index (χ0v) is 20.6. The maximum Gasteiger partial charge on any atom is 0.225 e. The second-order valence-corrected chi connectivity index (χ2v) is 8.45. The van der Waals surface area contributed by atoms with Crippen LogP contribution in [0.3, 0.4) is 0 Å². The molecule has 2 N–H and O–H groups in total. The first-order chi connectivity index (χ1) is 12.9. The van der Waals surface area contributed by atoms with Crippen molar-refractivity contribution < 1.29 is 9.53 Å². The lowest BCUT2D eigenvalue weighted by molar-refractivity contribution is -0.133. The number of halogens is 1. The predicted molar refractivity (Wildman–Crippen MR) is 125 cm³/mol. The van der Waals surface area contributed by atoms with E-state index in [-0.39, 0.29) is 41.8 Å². The average Bonchev–Trinajstić information content (AvgIpc) is 3.12. The maximum atomic E-state index is 12.2. The molecule has 7 nitrogen and oxygen atoms in total. The Kier molecular flexibility index (Phi) is 11.7. The molecule has 0 radical (unpaired) electrons. The highest BCUT2D eigenvalue weighted by Crippen LogP contribution is 2.14. The molecule has 2 aliphatic heterocycles. The third-order valence-corrected chi connectivity index (χ3v) is 5.37. The SMILES string of the molecule is CN=C(NCC(CC(C)C)N1CCOCC1)NC1CCN(C(=O)C(C)C)C1.I. The maximum absolute atomic E-state index is 12.2. The number of rotatable bonds is 7. The number of nitrogens with zero attached hydrogens (tertiary/aromatic N) is 3. The number of ether oxygens (including phenoxy) is 1. The van der Waals surface area contributed by atoms with Crippen LogP contribution in [0.5, 0.6) is 0 Å². The molecule has 0 aromatic rings. The van der Waals surface area contributed by atoms with Gasteiger partial charge in [-0.05, 0) is 18.8 Å². The zero-order valence-electron chi connectivity index (χ0n) is 18.2. The van der Waals surface area contributed by atoms with Crippen LogP contribution in [0.4, 0.5) is 0 Å². The first-order valence-corrected chi connectivity index (χ1v) is 10.5. The van der Waals surface area contributed by atoms with Gasteiger partial charge in [-0.3, -0.25) is 14.7 Å². The van der Waals surface area contributed by atoms with Gasteiger partial charge in [0.25, 0.3) is 0 Å². The Bertz CT molecular complexity index is 495. The molecule has 0 aromatic heterocycles. The molecule has 8 heteroatoms. The van der Waals surface area contributed by atoms with Gasteiger partial charge in [0.05, 0.1) is 13.2 Å². The Morgan fingerprint density at radius 2 is 1.86 bits per heavy atom. The normalized spacial score (nSPS) is 22.3. The first kappa shape index (κ1) is 25.4. The van der Waals surface area contributed by atoms with Gasteiger partial charge in [-0.25, -0.2) is 0 Å². The minimum atomic E-state index is 0. The number of guanidine groups is 1. The monoisotopic (exact) mass is 509 g/mol. The lowest BCUT2D eigenvalue weighted by Crippen LogP contribution is -2.52. The fourth-order valence-corrected chi connectivity index (χ4v) is 3.89. The molecule has 2 saturated heterocycles. The molecule has 0 bridgehead atoms. The van der Waals surface area contributed by atoms with Crippen LogP contribution in [0, 0.1) is 11.8 Å². The van der Waals surface area contributed by atoms with Gasteiger partial charge in [0, 0.05) is 57.8 Å². The summed E-state index contributed by atoms with van der Waals surface area (Å²) in [5.41, 5.74) is 0. The average molecular weight is 509 g/mol. The molecule has 0 saturated carbocycles. The Hall–Kier alpha value is -0.610. The molecule has 2 fully saturated rings. The lowest BCUT2D eigenvalue weighted by atomic mass is 10.0. The molecule has 28 heavy (non-hydrogen) atoms. The summed E-state index contributed by atoms with van der Waals surface area (Å²) in [5.74, 6) is 1.79. The first-order valence-electron chi connectivity index (χ1n) is 10.5. The number of amides is 1. The predicted octanol–water partition coefficient (Wildman–Crippen LogP) is 1.77. The molecule has 2 atom stereocenters. The van der Waals surface area contributed by atoms with E-state index in [1.165, 1.54) is 0 Å². The summed E-state index contributed by atoms with van der Waals surface area (Å²) in [6.45, 7) is 14.6. The molecule has 2 aliphatic rings. The van der Waals surface area contributed by atoms with Crippen molar-refractivity contribution in [2.75, 3.05) is 53.0 Å². The quantitative estimate of drug-likeness (QED) is 0.311. The van der Waals surface area contributed by atoms with E-state index in [4.69, 9.17) is 4.74 Å². The van der Waals surface area contributed by atoms with Crippen LogP contribution in [0.1, 0.15) is 40.5 Å². The number of carbonyl (C=O) groups excluding carboxylic acids is 1. The van der Waals surface area contributed by atoms with Crippen LogP contribution in [0.15, 0.2) is 4.99 Å². The third kappa shape index (κ3) is 8.02. The van der Waals surface area contributed by atoms with E-state index in [0.717, 1.165) is 64.7 Å². The third-order valence-electron chi connectivity index (χ3n) is 5.37. The number of nitrogens with one attached hydrogen (secondary N) is 2. The minimum Gasteiger partial charge on any atom is -0.379 e. The second kappa shape index (κ2) is 12.8. The summed E-state index contributed by atoms with van der Waals surface area (Å²) in [6, 6.07) is 0.751. The van der Waals surface area contributed by atoms with Crippen LogP contribution in [-0.2, 0) is 9.53 Å². The van der Waals surface area contributed by atoms with E-state index < -0.39 is 0 Å². The summed E-state index contributed by atoms with van der Waals surface area (Å²) in [6.07, 6.45) is 2.13. The lowest BCUT2D eigenvalue weighted by Gasteiger charge is -2.36. The molecular formula is C20H40IN5O2. The van der Waals surface area contributed by atoms with Crippen molar-refractivity contribution in [2.24, 2.45) is 16.8 Å². The van der Waals surface area contributed by atoms with Gasteiger partial charge in [0.1, 0.15) is 0 Å². The van der Waals surface area contributed by atoms with Crippen LogP contribution < -0.4 is 10.6 Å². The molecule has 0 spiro atoms. The molecule has 0 aromatic carbocycles. The summed E-state index contributed by atoms with van der Waals surface area (Å²) in [5, 5.41) is 7.02. The number of aliphatic imine (C=N–C) groups is 1. The van der Waals surface area contributed by atoms with Crippen molar-refractivity contribution >= 4 is 35.8 Å². The minimum absolute atomic E-state index is 0. The van der Waals surface area contributed by atoms with Gasteiger partial charge >= 0.3 is 0 Å². The van der Waals surface area contributed by atoms with Crippen molar-refractivity contribution in [3.63, 3.8) is 0 Å². The highest BCUT2D eigenvalue weighted by molar-refractivity contribution is 14.0. The van der Waals surface area contributed by atoms with Crippen molar-refractivity contribution in [1.82, 2.24) is 20.4 Å². The highest BCUT2D eigenvalue weighted by atomic mass is 127. The van der Waals surface area contributed by atoms with E-state index in [1.807, 2.05) is 25.8 Å². The topological polar surface area (TPSA) is 69.2 Å². The van der Waals surface area contributed by atoms with Gasteiger partial charge in [-0.2, -0.15) is 0 Å². The fourth-order valence-electron chi connectivity index (χ4n) is 3.89. The molecule has 2 rings (SSSR count). The highest BCUT2D eigenvalue weighted by Gasteiger charge is 2.28. The van der Waals surface area contributed by atoms with Crippen LogP contribution in [0.25, 0.3) is 0 Å². The summed E-state index contributed by atoms with van der Waals surface area (Å²) in [4.78, 5) is 21.1. The standard InChI is InChI=1S/C20H39N5O2.HI/c1-15(2)12-18(24-8-10-27-11-9-24)13-22-20(21-5)23-17-6-7-25(14-17)19(26)16(3)4;/h15-18H,6-14H2,1-5H3,(H2,21,22,23);1H. The van der Waals surface area contributed by atoms with E-state index in [1.54, 1.807) is 0 Å². The number of hydrogen-bond acceptors (Lipinski definition) is 4. The second-order valence-electron chi connectivity index (χ2n) is 8.45. The van der Waals surface area contributed by atoms with Crippen molar-refractivity contribution in [2.45, 2.75) is 52.6 Å². The van der Waals surface area contributed by atoms with Crippen LogP contribution in [-0.4, -0.2) is 86.7 Å². The fraction of sp³-hybridized carbons (Fsp3) is 0.900. The van der Waals surface area contributed by atoms with E-state index in [9.17, 15) is 4.79 Å². The van der Waals surface area contributed by atoms with Crippen molar-refractivity contribution in [3.05, 3.63) is 0 Å². The number of hydrogen-bond donors (Lipinski definition) is 2. The Balaban J connectivity index is 0.00000392. The van der Waals surface area contributed by atoms with Crippen molar-refractivity contribution in [3.8, 4) is 0 Å². The van der Waals surface area contributed by atoms with Crippen LogP contribution in [0.2, 0.25) is 0 Å². The molecule has 2 heterocycles. The van der Waals surface area contributed by atoms with Gasteiger partial charge in [0.15, 0.2) is 5.96 Å². The van der Waals surface area contributed by atoms with E-state index in [0.29, 0.717) is 12.0 Å². The summed E-state index contributed by atoms with van der Waals surface area (Å²) < 4.78 is 5.51. The number of morpholine rings is 1. The van der Waals surface area contributed by atoms with E-state index >= 15 is 0 Å². The largest absolute Gasteiger partial charge is 0.379 e. The van der Waals surface area contributed by atoms with Gasteiger partial charge in [-0.1, -0.05) is 27.7 Å². The van der Waals surface area contributed by atoms with Crippen LogP contribution >= 0.6 is 24.0 Å². The van der Waals surface area contributed by atoms with E-state index in [2.05, 4.69) is 34.4 Å². The molecule has 0 aliphatic carbocycles. The summed E-state index contributed by atoms with van der Waals surface area (Å²) in [7, 11) is 1.81. The smallest absolute Gasteiger partial charge is 0.225 e. The Morgan fingerprint density at radius 1 is 1.18 bits per heavy atom. The molecular weight excluding hydrogens is 469 g/mol. The van der Waals surface area contributed by atoms with Gasteiger partial charge in [0.2, 0.25) is 5.91 Å². The van der Waals surface area contributed by atoms with Gasteiger partial charge in [-0.15, -0.1) is 24.0 Å². The zero-order chi connectivity index (χ0) is 19.8. The number of likely N-dealkylation sites (tertiary alicyclic amines) is 1. The van der Waals surface area contributed by atoms with Gasteiger partial charge < -0.3 is 20.3 Å². The Morgan fingerprint density at radius 3 is 2.43 bits per heavy atom. The molecule has 2 unspecified atom stereocenters.